The van der Waals surface area contributed by atoms with Gasteiger partial charge in [-0.2, -0.15) is 0 Å². The van der Waals surface area contributed by atoms with Crippen LogP contribution in [-0.2, 0) is 17.8 Å². The van der Waals surface area contributed by atoms with Crippen LogP contribution in [0.3, 0.4) is 0 Å². The van der Waals surface area contributed by atoms with E-state index < -0.39 is 0 Å². The van der Waals surface area contributed by atoms with Crippen LogP contribution in [0.15, 0.2) is 40.8 Å². The van der Waals surface area contributed by atoms with E-state index in [-0.39, 0.29) is 12.4 Å². The Kier molecular flexibility index (Phi) is 4.71. The maximum atomic E-state index is 10.9. The molecule has 1 heterocycles. The van der Waals surface area contributed by atoms with Gasteiger partial charge in [-0.3, -0.25) is 4.79 Å². The molecule has 0 amide bonds. The van der Waals surface area contributed by atoms with Crippen molar-refractivity contribution >= 4 is 12.1 Å². The van der Waals surface area contributed by atoms with Gasteiger partial charge in [0.1, 0.15) is 23.9 Å². The second-order valence-corrected chi connectivity index (χ2v) is 4.56. The maximum Gasteiger partial charge on any atom is 0.185 e. The number of furan rings is 1. The number of hydrogen-bond donors (Lipinski definition) is 0. The first kappa shape index (κ1) is 14.1. The molecule has 2 aromatic rings. The van der Waals surface area contributed by atoms with Gasteiger partial charge in [0.25, 0.3) is 0 Å². The molecule has 0 aliphatic carbocycles. The van der Waals surface area contributed by atoms with Crippen molar-refractivity contribution in [1.82, 2.24) is 0 Å². The molecular formula is C16H16O4. The van der Waals surface area contributed by atoms with E-state index in [1.54, 1.807) is 19.1 Å². The Hall–Kier alpha value is -2.36. The smallest absolute Gasteiger partial charge is 0.185 e. The second kappa shape index (κ2) is 6.70. The molecule has 4 nitrogen and oxygen atoms in total. The molecule has 4 heteroatoms. The van der Waals surface area contributed by atoms with Crippen molar-refractivity contribution in [3.05, 3.63) is 53.5 Å². The van der Waals surface area contributed by atoms with Crippen LogP contribution in [0.2, 0.25) is 0 Å². The number of rotatable bonds is 7. The monoisotopic (exact) mass is 272 g/mol. The van der Waals surface area contributed by atoms with Gasteiger partial charge in [-0.15, -0.1) is 0 Å². The van der Waals surface area contributed by atoms with Crippen molar-refractivity contribution in [3.63, 3.8) is 0 Å². The Labute approximate surface area is 117 Å². The number of carbonyl (C=O) groups excluding carboxylic acids is 2. The highest BCUT2D eigenvalue weighted by Gasteiger charge is 2.03. The van der Waals surface area contributed by atoms with Crippen molar-refractivity contribution in [3.8, 4) is 5.75 Å². The highest BCUT2D eigenvalue weighted by molar-refractivity contribution is 5.75. The van der Waals surface area contributed by atoms with Gasteiger partial charge in [-0.25, -0.2) is 0 Å². The van der Waals surface area contributed by atoms with Crippen LogP contribution in [0.25, 0.3) is 0 Å². The van der Waals surface area contributed by atoms with E-state index in [0.29, 0.717) is 24.2 Å². The molecular weight excluding hydrogens is 256 g/mol. The third-order valence-corrected chi connectivity index (χ3v) is 2.87. The molecule has 104 valence electrons. The number of hydrogen-bond acceptors (Lipinski definition) is 4. The summed E-state index contributed by atoms with van der Waals surface area (Å²) in [5.74, 6) is 1.81. The van der Waals surface area contributed by atoms with Gasteiger partial charge in [0.2, 0.25) is 0 Å². The molecule has 0 bridgehead atoms. The molecule has 1 aromatic carbocycles. The fourth-order valence-electron chi connectivity index (χ4n) is 1.76. The molecule has 0 atom stereocenters. The number of ketones is 1. The topological polar surface area (TPSA) is 56.5 Å². The van der Waals surface area contributed by atoms with Gasteiger partial charge in [-0.1, -0.05) is 12.1 Å². The normalized spacial score (nSPS) is 10.2. The Morgan fingerprint density at radius 1 is 1.20 bits per heavy atom. The Morgan fingerprint density at radius 2 is 1.95 bits per heavy atom. The minimum absolute atomic E-state index is 0.189. The van der Waals surface area contributed by atoms with Crippen LogP contribution < -0.4 is 4.74 Å². The van der Waals surface area contributed by atoms with Crippen LogP contribution in [0.1, 0.15) is 35.2 Å². The molecule has 1 aromatic heterocycles. The molecule has 0 saturated heterocycles. The third kappa shape index (κ3) is 4.09. The number of benzene rings is 1. The van der Waals surface area contributed by atoms with Crippen molar-refractivity contribution in [2.75, 3.05) is 0 Å². The highest BCUT2D eigenvalue weighted by Crippen LogP contribution is 2.16. The predicted octanol–water partition coefficient (Wildman–Crippen LogP) is 3.19. The van der Waals surface area contributed by atoms with E-state index in [1.165, 1.54) is 0 Å². The zero-order chi connectivity index (χ0) is 14.4. The molecule has 20 heavy (non-hydrogen) atoms. The lowest BCUT2D eigenvalue weighted by atomic mass is 10.1. The van der Waals surface area contributed by atoms with Crippen molar-refractivity contribution in [2.45, 2.75) is 26.4 Å². The van der Waals surface area contributed by atoms with E-state index in [4.69, 9.17) is 9.15 Å². The number of carbonyl (C=O) groups is 2. The molecule has 0 aliphatic heterocycles. The van der Waals surface area contributed by atoms with E-state index in [0.717, 1.165) is 17.7 Å². The maximum absolute atomic E-state index is 10.9. The summed E-state index contributed by atoms with van der Waals surface area (Å²) in [6, 6.07) is 10.9. The highest BCUT2D eigenvalue weighted by atomic mass is 16.5. The minimum Gasteiger partial charge on any atom is -0.486 e. The Morgan fingerprint density at radius 3 is 2.55 bits per heavy atom. The zero-order valence-corrected chi connectivity index (χ0v) is 11.3. The number of Topliss-reactive ketones (excluding diaryl/α,β-unsaturated/α-hetero) is 1. The number of aryl methyl sites for hydroxylation is 1. The van der Waals surface area contributed by atoms with Crippen molar-refractivity contribution in [2.24, 2.45) is 0 Å². The van der Waals surface area contributed by atoms with E-state index in [1.807, 2.05) is 24.3 Å². The summed E-state index contributed by atoms with van der Waals surface area (Å²) in [5, 5.41) is 0. The summed E-state index contributed by atoms with van der Waals surface area (Å²) >= 11 is 0. The van der Waals surface area contributed by atoms with Crippen molar-refractivity contribution in [1.29, 1.82) is 0 Å². The molecule has 0 radical (unpaired) electrons. The lowest BCUT2D eigenvalue weighted by Crippen LogP contribution is -1.96. The van der Waals surface area contributed by atoms with Crippen LogP contribution in [0.4, 0.5) is 0 Å². The SMILES string of the molecule is CC(=O)CCc1ccc(OCc2ccc(C=O)o2)cc1. The summed E-state index contributed by atoms with van der Waals surface area (Å²) in [5.41, 5.74) is 1.11. The van der Waals surface area contributed by atoms with Crippen LogP contribution in [-0.4, -0.2) is 12.1 Å². The first-order chi connectivity index (χ1) is 9.67. The largest absolute Gasteiger partial charge is 0.486 e. The van der Waals surface area contributed by atoms with Crippen molar-refractivity contribution < 1.29 is 18.7 Å². The standard InChI is InChI=1S/C16H16O4/c1-12(18)2-3-13-4-6-14(7-5-13)19-11-16-9-8-15(10-17)20-16/h4-10H,2-3,11H2,1H3. The Balaban J connectivity index is 1.87. The number of aldehydes is 1. The number of ether oxygens (including phenoxy) is 1. The average Bonchev–Trinajstić information content (AvgIpc) is 2.92. The third-order valence-electron chi connectivity index (χ3n) is 2.87. The van der Waals surface area contributed by atoms with Crippen LogP contribution >= 0.6 is 0 Å². The lowest BCUT2D eigenvalue weighted by molar-refractivity contribution is -0.116. The van der Waals surface area contributed by atoms with E-state index in [2.05, 4.69) is 0 Å². The predicted molar refractivity (Wildman–Crippen MR) is 73.9 cm³/mol. The zero-order valence-electron chi connectivity index (χ0n) is 11.3. The minimum atomic E-state index is 0.189. The first-order valence-corrected chi connectivity index (χ1v) is 6.42. The summed E-state index contributed by atoms with van der Waals surface area (Å²) < 4.78 is 10.8. The first-order valence-electron chi connectivity index (χ1n) is 6.42. The van der Waals surface area contributed by atoms with E-state index >= 15 is 0 Å². The molecule has 0 fully saturated rings. The molecule has 0 saturated carbocycles. The van der Waals surface area contributed by atoms with Crippen LogP contribution in [0.5, 0.6) is 5.75 Å². The summed E-state index contributed by atoms with van der Waals surface area (Å²) in [6.45, 7) is 1.87. The van der Waals surface area contributed by atoms with E-state index in [9.17, 15) is 9.59 Å². The Bertz CT molecular complexity index is 581. The molecule has 0 N–H and O–H groups in total. The average molecular weight is 272 g/mol. The molecule has 0 unspecified atom stereocenters. The van der Waals surface area contributed by atoms with Crippen LogP contribution in [0, 0.1) is 0 Å². The summed E-state index contributed by atoms with van der Waals surface area (Å²) in [4.78, 5) is 21.4. The van der Waals surface area contributed by atoms with Gasteiger partial charge in [0.05, 0.1) is 0 Å². The summed E-state index contributed by atoms with van der Waals surface area (Å²) in [7, 11) is 0. The van der Waals surface area contributed by atoms with Gasteiger partial charge >= 0.3 is 0 Å². The fourth-order valence-corrected chi connectivity index (χ4v) is 1.76. The van der Waals surface area contributed by atoms with Gasteiger partial charge in [0.15, 0.2) is 12.0 Å². The molecule has 0 spiro atoms. The second-order valence-electron chi connectivity index (χ2n) is 4.56. The summed E-state index contributed by atoms with van der Waals surface area (Å²) in [6.07, 6.45) is 1.96. The van der Waals surface area contributed by atoms with Gasteiger partial charge < -0.3 is 13.9 Å². The fraction of sp³-hybridized carbons (Fsp3) is 0.250. The molecule has 0 aliphatic rings. The lowest BCUT2D eigenvalue weighted by Gasteiger charge is -2.05. The molecule has 2 rings (SSSR count). The van der Waals surface area contributed by atoms with Gasteiger partial charge in [0, 0.05) is 6.42 Å². The van der Waals surface area contributed by atoms with Gasteiger partial charge in [-0.05, 0) is 43.2 Å². The quantitative estimate of drug-likeness (QED) is 0.726.